The Hall–Kier alpha value is -3.10. The number of aromatic hydroxyl groups is 1. The number of fused-ring (bicyclic) bond motifs is 1. The lowest BCUT2D eigenvalue weighted by Gasteiger charge is -2.13. The van der Waals surface area contributed by atoms with E-state index in [-0.39, 0.29) is 16.5 Å². The lowest BCUT2D eigenvalue weighted by Crippen LogP contribution is -2.13. The first-order valence-corrected chi connectivity index (χ1v) is 9.02. The highest BCUT2D eigenvalue weighted by Gasteiger charge is 2.19. The summed E-state index contributed by atoms with van der Waals surface area (Å²) in [6, 6.07) is 11.7. The summed E-state index contributed by atoms with van der Waals surface area (Å²) in [5.74, 6) is -0.744. The van der Waals surface area contributed by atoms with Crippen LogP contribution in [0.4, 0.5) is 11.4 Å². The van der Waals surface area contributed by atoms with Gasteiger partial charge >= 0.3 is 0 Å². The maximum atomic E-state index is 12.5. The predicted octanol–water partition coefficient (Wildman–Crippen LogP) is 2.94. The quantitative estimate of drug-likeness (QED) is 0.413. The van der Waals surface area contributed by atoms with Crippen LogP contribution in [-0.2, 0) is 10.1 Å². The van der Waals surface area contributed by atoms with Gasteiger partial charge in [-0.05, 0) is 48.9 Å². The lowest BCUT2D eigenvalue weighted by atomic mass is 10.1. The predicted molar refractivity (Wildman–Crippen MR) is 99.0 cm³/mol. The molecule has 0 fully saturated rings. The summed E-state index contributed by atoms with van der Waals surface area (Å²) in [7, 11) is -4.55. The maximum absolute atomic E-state index is 12.5. The number of hydrogen-bond acceptors (Lipinski definition) is 5. The van der Waals surface area contributed by atoms with Crippen LogP contribution in [-0.4, -0.2) is 24.0 Å². The van der Waals surface area contributed by atoms with Crippen molar-refractivity contribution >= 4 is 38.2 Å². The molecule has 0 saturated heterocycles. The average molecular weight is 372 g/mol. The van der Waals surface area contributed by atoms with Gasteiger partial charge in [-0.2, -0.15) is 8.42 Å². The van der Waals surface area contributed by atoms with Gasteiger partial charge in [0.05, 0.1) is 0 Å². The Morgan fingerprint density at radius 2 is 1.85 bits per heavy atom. The molecule has 1 amide bonds. The van der Waals surface area contributed by atoms with Gasteiger partial charge in [0.2, 0.25) is 0 Å². The molecule has 5 N–H and O–H groups in total. The molecule has 3 aromatic carbocycles. The SMILES string of the molecule is Cc1cc(C(=O)Nc2ccc(S(=O)(=O)O)c3c(O)cccc23)ccc1N. The van der Waals surface area contributed by atoms with Crippen molar-refractivity contribution < 1.29 is 22.9 Å². The van der Waals surface area contributed by atoms with Crippen molar-refractivity contribution in [2.24, 2.45) is 0 Å². The van der Waals surface area contributed by atoms with Gasteiger partial charge in [0.25, 0.3) is 16.0 Å². The van der Waals surface area contributed by atoms with E-state index in [1.165, 1.54) is 24.3 Å². The van der Waals surface area contributed by atoms with Crippen LogP contribution in [0.5, 0.6) is 5.75 Å². The first kappa shape index (κ1) is 17.7. The number of carbonyl (C=O) groups is 1. The van der Waals surface area contributed by atoms with E-state index >= 15 is 0 Å². The van der Waals surface area contributed by atoms with E-state index in [4.69, 9.17) is 5.73 Å². The smallest absolute Gasteiger partial charge is 0.295 e. The number of amides is 1. The third-order valence-corrected chi connectivity index (χ3v) is 4.93. The van der Waals surface area contributed by atoms with Crippen LogP contribution in [0.2, 0.25) is 0 Å². The molecule has 0 saturated carbocycles. The van der Waals surface area contributed by atoms with Crippen LogP contribution in [0.3, 0.4) is 0 Å². The molecule has 0 bridgehead atoms. The number of nitrogens with one attached hydrogen (secondary N) is 1. The van der Waals surface area contributed by atoms with Gasteiger partial charge in [-0.1, -0.05) is 12.1 Å². The molecule has 3 rings (SSSR count). The summed E-state index contributed by atoms with van der Waals surface area (Å²) in [5, 5.41) is 13.0. The maximum Gasteiger partial charge on any atom is 0.295 e. The Balaban J connectivity index is 2.10. The Morgan fingerprint density at radius 1 is 1.12 bits per heavy atom. The number of nitrogens with two attached hydrogens (primary N) is 1. The standard InChI is InChI=1S/C18H16N2O5S/c1-10-9-11(5-6-13(10)19)18(22)20-14-7-8-16(26(23,24)25)17-12(14)3-2-4-15(17)21/h2-9,21H,19H2,1H3,(H,20,22)(H,23,24,25). The van der Waals surface area contributed by atoms with Crippen LogP contribution in [0.1, 0.15) is 15.9 Å². The summed E-state index contributed by atoms with van der Waals surface area (Å²) < 4.78 is 32.5. The van der Waals surface area contributed by atoms with Gasteiger partial charge < -0.3 is 16.2 Å². The second-order valence-electron chi connectivity index (χ2n) is 5.81. The number of aryl methyl sites for hydroxylation is 1. The van der Waals surface area contributed by atoms with Gasteiger partial charge in [-0.15, -0.1) is 0 Å². The molecule has 26 heavy (non-hydrogen) atoms. The molecule has 0 heterocycles. The van der Waals surface area contributed by atoms with Gasteiger partial charge in [-0.3, -0.25) is 9.35 Å². The van der Waals surface area contributed by atoms with E-state index in [9.17, 15) is 22.9 Å². The molecular formula is C18H16N2O5S. The van der Waals surface area contributed by atoms with Crippen molar-refractivity contribution in [3.63, 3.8) is 0 Å². The highest BCUT2D eigenvalue weighted by atomic mass is 32.2. The highest BCUT2D eigenvalue weighted by Crippen LogP contribution is 2.35. The number of nitrogen functional groups attached to an aromatic ring is 1. The fourth-order valence-corrected chi connectivity index (χ4v) is 3.40. The zero-order valence-electron chi connectivity index (χ0n) is 13.7. The Morgan fingerprint density at radius 3 is 2.50 bits per heavy atom. The normalized spacial score (nSPS) is 11.5. The molecule has 0 aliphatic carbocycles. The van der Waals surface area contributed by atoms with Crippen LogP contribution in [0, 0.1) is 6.92 Å². The van der Waals surface area contributed by atoms with E-state index in [1.54, 1.807) is 25.1 Å². The lowest BCUT2D eigenvalue weighted by molar-refractivity contribution is 0.102. The first-order valence-electron chi connectivity index (χ1n) is 7.58. The minimum absolute atomic E-state index is 0.0683. The van der Waals surface area contributed by atoms with Gasteiger partial charge in [0, 0.05) is 27.7 Å². The molecule has 0 aliphatic rings. The number of rotatable bonds is 3. The molecule has 0 radical (unpaired) electrons. The highest BCUT2D eigenvalue weighted by molar-refractivity contribution is 7.86. The summed E-state index contributed by atoms with van der Waals surface area (Å²) in [6.07, 6.45) is 0. The van der Waals surface area contributed by atoms with Crippen LogP contribution >= 0.6 is 0 Å². The summed E-state index contributed by atoms with van der Waals surface area (Å²) in [4.78, 5) is 12.1. The van der Waals surface area contributed by atoms with E-state index in [0.29, 0.717) is 16.9 Å². The first-order chi connectivity index (χ1) is 12.2. The third-order valence-electron chi connectivity index (χ3n) is 4.04. The Kier molecular flexibility index (Phi) is 4.31. The number of benzene rings is 3. The summed E-state index contributed by atoms with van der Waals surface area (Å²) >= 11 is 0. The van der Waals surface area contributed by atoms with Crippen LogP contribution < -0.4 is 11.1 Å². The molecule has 3 aromatic rings. The molecule has 0 spiro atoms. The fourth-order valence-electron chi connectivity index (χ4n) is 2.69. The van der Waals surface area contributed by atoms with Gasteiger partial charge in [0.15, 0.2) is 0 Å². The average Bonchev–Trinajstić information content (AvgIpc) is 2.57. The number of carbonyl (C=O) groups excluding carboxylic acids is 1. The number of phenols is 1. The molecule has 0 aliphatic heterocycles. The van der Waals surface area contributed by atoms with Crippen molar-refractivity contribution in [1.29, 1.82) is 0 Å². The fraction of sp³-hybridized carbons (Fsp3) is 0.0556. The van der Waals surface area contributed by atoms with E-state index < -0.39 is 20.9 Å². The number of hydrogen-bond donors (Lipinski definition) is 4. The molecule has 8 heteroatoms. The zero-order chi connectivity index (χ0) is 19.1. The largest absolute Gasteiger partial charge is 0.507 e. The molecule has 0 unspecified atom stereocenters. The van der Waals surface area contributed by atoms with Crippen LogP contribution in [0.15, 0.2) is 53.4 Å². The zero-order valence-corrected chi connectivity index (χ0v) is 14.5. The Labute approximate surface area is 149 Å². The van der Waals surface area contributed by atoms with Crippen molar-refractivity contribution in [3.8, 4) is 5.75 Å². The minimum Gasteiger partial charge on any atom is -0.507 e. The molecule has 0 aromatic heterocycles. The molecule has 7 nitrogen and oxygen atoms in total. The summed E-state index contributed by atoms with van der Waals surface area (Å²) in [6.45, 7) is 1.78. The second kappa shape index (κ2) is 6.32. The van der Waals surface area contributed by atoms with Gasteiger partial charge in [0.1, 0.15) is 10.6 Å². The van der Waals surface area contributed by atoms with E-state index in [1.807, 2.05) is 0 Å². The van der Waals surface area contributed by atoms with E-state index in [2.05, 4.69) is 5.32 Å². The summed E-state index contributed by atoms with van der Waals surface area (Å²) in [5.41, 5.74) is 7.74. The molecule has 134 valence electrons. The van der Waals surface area contributed by atoms with Crippen molar-refractivity contribution in [2.75, 3.05) is 11.1 Å². The number of anilines is 2. The topological polar surface area (TPSA) is 130 Å². The van der Waals surface area contributed by atoms with Crippen molar-refractivity contribution in [1.82, 2.24) is 0 Å². The van der Waals surface area contributed by atoms with Crippen molar-refractivity contribution in [3.05, 3.63) is 59.7 Å². The Bertz CT molecular complexity index is 1140. The second-order valence-corrected chi connectivity index (χ2v) is 7.20. The van der Waals surface area contributed by atoms with Crippen LogP contribution in [0.25, 0.3) is 10.8 Å². The number of phenolic OH excluding ortho intramolecular Hbond substituents is 1. The van der Waals surface area contributed by atoms with E-state index in [0.717, 1.165) is 11.6 Å². The van der Waals surface area contributed by atoms with Gasteiger partial charge in [-0.25, -0.2) is 0 Å². The molecule has 0 atom stereocenters. The van der Waals surface area contributed by atoms with Crippen molar-refractivity contribution in [2.45, 2.75) is 11.8 Å². The monoisotopic (exact) mass is 372 g/mol. The molecular weight excluding hydrogens is 356 g/mol. The third kappa shape index (κ3) is 3.19. The minimum atomic E-state index is -4.55.